The lowest BCUT2D eigenvalue weighted by Gasteiger charge is -2.58. The number of pyridine rings is 1. The minimum Gasteiger partial charge on any atom is -0.481 e. The SMILES string of the molecule is CCO[C@@H]1C[C@@](NC(=O)c2ccc(OC)nc2)(C(=O)O)C1(C)C. The number of hydrogen-bond donors (Lipinski definition) is 2. The molecule has 7 nitrogen and oxygen atoms in total. The van der Waals surface area contributed by atoms with Crippen LogP contribution in [0.2, 0.25) is 0 Å². The third kappa shape index (κ3) is 2.76. The summed E-state index contributed by atoms with van der Waals surface area (Å²) in [4.78, 5) is 28.2. The van der Waals surface area contributed by atoms with E-state index < -0.39 is 22.8 Å². The highest BCUT2D eigenvalue weighted by Crippen LogP contribution is 2.51. The summed E-state index contributed by atoms with van der Waals surface area (Å²) in [6.07, 6.45) is 1.38. The monoisotopic (exact) mass is 322 g/mol. The molecule has 1 saturated carbocycles. The van der Waals surface area contributed by atoms with Crippen molar-refractivity contribution in [3.05, 3.63) is 23.9 Å². The zero-order valence-corrected chi connectivity index (χ0v) is 13.8. The van der Waals surface area contributed by atoms with Crippen molar-refractivity contribution in [2.24, 2.45) is 5.41 Å². The maximum Gasteiger partial charge on any atom is 0.330 e. The molecule has 0 saturated heterocycles. The largest absolute Gasteiger partial charge is 0.481 e. The Kier molecular flexibility index (Phi) is 4.61. The lowest BCUT2D eigenvalue weighted by atomic mass is 9.54. The van der Waals surface area contributed by atoms with Crippen LogP contribution in [0.3, 0.4) is 0 Å². The number of carbonyl (C=O) groups is 2. The van der Waals surface area contributed by atoms with Crippen molar-refractivity contribution < 1.29 is 24.2 Å². The number of nitrogens with one attached hydrogen (secondary N) is 1. The Hall–Kier alpha value is -2.15. The normalized spacial score (nSPS) is 25.3. The van der Waals surface area contributed by atoms with Crippen molar-refractivity contribution in [2.45, 2.75) is 38.8 Å². The summed E-state index contributed by atoms with van der Waals surface area (Å²) in [5.74, 6) is -1.16. The third-order valence-electron chi connectivity index (χ3n) is 4.66. The average Bonchev–Trinajstić information content (AvgIpc) is 2.53. The minimum absolute atomic E-state index is 0.210. The van der Waals surface area contributed by atoms with Crippen LogP contribution in [-0.2, 0) is 9.53 Å². The summed E-state index contributed by atoms with van der Waals surface area (Å²) in [7, 11) is 1.48. The standard InChI is InChI=1S/C16H22N2O5/c1-5-23-11-8-16(14(20)21,15(11,2)3)18-13(19)10-6-7-12(22-4)17-9-10/h6-7,9,11H,5,8H2,1-4H3,(H,18,19)(H,20,21)/t11-,16-/m1/s1. The molecule has 2 atom stereocenters. The Bertz CT molecular complexity index is 599. The van der Waals surface area contributed by atoms with Gasteiger partial charge < -0.3 is 19.9 Å². The molecule has 0 radical (unpaired) electrons. The van der Waals surface area contributed by atoms with E-state index in [4.69, 9.17) is 9.47 Å². The number of amides is 1. The zero-order valence-electron chi connectivity index (χ0n) is 13.8. The van der Waals surface area contributed by atoms with Gasteiger partial charge in [0, 0.05) is 30.7 Å². The van der Waals surface area contributed by atoms with Gasteiger partial charge in [0.2, 0.25) is 5.88 Å². The van der Waals surface area contributed by atoms with Crippen LogP contribution >= 0.6 is 0 Å². The van der Waals surface area contributed by atoms with Crippen molar-refractivity contribution in [1.82, 2.24) is 10.3 Å². The fourth-order valence-corrected chi connectivity index (χ4v) is 2.94. The van der Waals surface area contributed by atoms with Crippen LogP contribution < -0.4 is 10.1 Å². The Balaban J connectivity index is 2.20. The lowest BCUT2D eigenvalue weighted by molar-refractivity contribution is -0.190. The van der Waals surface area contributed by atoms with Gasteiger partial charge in [-0.05, 0) is 13.0 Å². The molecule has 1 heterocycles. The van der Waals surface area contributed by atoms with Crippen molar-refractivity contribution in [1.29, 1.82) is 0 Å². The van der Waals surface area contributed by atoms with E-state index >= 15 is 0 Å². The molecule has 7 heteroatoms. The summed E-state index contributed by atoms with van der Waals surface area (Å²) >= 11 is 0. The highest BCUT2D eigenvalue weighted by Gasteiger charge is 2.66. The van der Waals surface area contributed by atoms with Crippen LogP contribution in [0.4, 0.5) is 0 Å². The van der Waals surface area contributed by atoms with Gasteiger partial charge in [0.25, 0.3) is 5.91 Å². The van der Waals surface area contributed by atoms with Crippen LogP contribution in [0.5, 0.6) is 5.88 Å². The number of aromatic nitrogens is 1. The molecule has 1 aromatic rings. The first-order chi connectivity index (χ1) is 10.8. The molecule has 1 aliphatic rings. The van der Waals surface area contributed by atoms with Crippen molar-refractivity contribution in [3.8, 4) is 5.88 Å². The number of carboxylic acids is 1. The molecule has 0 aromatic carbocycles. The summed E-state index contributed by atoms with van der Waals surface area (Å²) in [6, 6.07) is 3.10. The maximum absolute atomic E-state index is 12.4. The molecule has 0 unspecified atom stereocenters. The fourth-order valence-electron chi connectivity index (χ4n) is 2.94. The molecular weight excluding hydrogens is 300 g/mol. The number of nitrogens with zero attached hydrogens (tertiary/aromatic N) is 1. The van der Waals surface area contributed by atoms with Crippen LogP contribution in [0.25, 0.3) is 0 Å². The van der Waals surface area contributed by atoms with Gasteiger partial charge in [-0.3, -0.25) is 4.79 Å². The lowest BCUT2D eigenvalue weighted by Crippen LogP contribution is -2.76. The number of rotatable bonds is 6. The molecule has 0 aliphatic heterocycles. The molecule has 23 heavy (non-hydrogen) atoms. The second-order valence-electron chi connectivity index (χ2n) is 6.12. The number of carboxylic acid groups (broad SMARTS) is 1. The van der Waals surface area contributed by atoms with Crippen molar-refractivity contribution in [3.63, 3.8) is 0 Å². The molecule has 1 fully saturated rings. The first kappa shape index (κ1) is 17.2. The van der Waals surface area contributed by atoms with Gasteiger partial charge in [0.15, 0.2) is 0 Å². The molecule has 2 N–H and O–H groups in total. The Labute approximate surface area is 135 Å². The molecule has 1 amide bonds. The predicted octanol–water partition coefficient (Wildman–Crippen LogP) is 1.48. The molecular formula is C16H22N2O5. The van der Waals surface area contributed by atoms with Crippen molar-refractivity contribution >= 4 is 11.9 Å². The quantitative estimate of drug-likeness (QED) is 0.823. The van der Waals surface area contributed by atoms with Crippen molar-refractivity contribution in [2.75, 3.05) is 13.7 Å². The average molecular weight is 322 g/mol. The summed E-state index contributed by atoms with van der Waals surface area (Å²) < 4.78 is 10.5. The molecule has 0 spiro atoms. The second kappa shape index (κ2) is 6.16. The van der Waals surface area contributed by atoms with Gasteiger partial charge in [0.1, 0.15) is 5.54 Å². The van der Waals surface area contributed by atoms with Crippen LogP contribution in [0, 0.1) is 5.41 Å². The topological polar surface area (TPSA) is 97.8 Å². The zero-order chi connectivity index (χ0) is 17.3. The van der Waals surface area contributed by atoms with E-state index in [1.165, 1.54) is 13.3 Å². The molecule has 2 rings (SSSR count). The Morgan fingerprint density at radius 1 is 1.43 bits per heavy atom. The van der Waals surface area contributed by atoms with Crippen LogP contribution in [0.15, 0.2) is 18.3 Å². The number of hydrogen-bond acceptors (Lipinski definition) is 5. The highest BCUT2D eigenvalue weighted by molar-refractivity contribution is 5.98. The number of ether oxygens (including phenoxy) is 2. The summed E-state index contributed by atoms with van der Waals surface area (Å²) in [5, 5.41) is 12.3. The van der Waals surface area contributed by atoms with Gasteiger partial charge in [-0.2, -0.15) is 0 Å². The predicted molar refractivity (Wildman–Crippen MR) is 82.4 cm³/mol. The van der Waals surface area contributed by atoms with Crippen LogP contribution in [0.1, 0.15) is 37.6 Å². The van der Waals surface area contributed by atoms with E-state index in [0.29, 0.717) is 12.5 Å². The molecule has 126 valence electrons. The van der Waals surface area contributed by atoms with Crippen LogP contribution in [-0.4, -0.2) is 47.3 Å². The van der Waals surface area contributed by atoms with Gasteiger partial charge in [-0.1, -0.05) is 13.8 Å². The number of methoxy groups -OCH3 is 1. The van der Waals surface area contributed by atoms with Gasteiger partial charge in [-0.25, -0.2) is 9.78 Å². The molecule has 0 bridgehead atoms. The first-order valence-corrected chi connectivity index (χ1v) is 7.46. The Morgan fingerprint density at radius 2 is 2.13 bits per heavy atom. The Morgan fingerprint density at radius 3 is 2.57 bits per heavy atom. The minimum atomic E-state index is -1.36. The summed E-state index contributed by atoms with van der Waals surface area (Å²) in [6.45, 7) is 5.94. The van der Waals surface area contributed by atoms with Gasteiger partial charge >= 0.3 is 5.97 Å². The van der Waals surface area contributed by atoms with E-state index in [1.54, 1.807) is 26.0 Å². The van der Waals surface area contributed by atoms with Gasteiger partial charge in [-0.15, -0.1) is 0 Å². The first-order valence-electron chi connectivity index (χ1n) is 7.46. The van der Waals surface area contributed by atoms with E-state index in [0.717, 1.165) is 0 Å². The van der Waals surface area contributed by atoms with E-state index in [1.807, 2.05) is 6.92 Å². The molecule has 1 aromatic heterocycles. The summed E-state index contributed by atoms with van der Waals surface area (Å²) in [5.41, 5.74) is -1.80. The maximum atomic E-state index is 12.4. The van der Waals surface area contributed by atoms with E-state index in [-0.39, 0.29) is 18.1 Å². The number of aliphatic carboxylic acids is 1. The second-order valence-corrected chi connectivity index (χ2v) is 6.12. The van der Waals surface area contributed by atoms with E-state index in [2.05, 4.69) is 10.3 Å². The fraction of sp³-hybridized carbons (Fsp3) is 0.562. The highest BCUT2D eigenvalue weighted by atomic mass is 16.5. The van der Waals surface area contributed by atoms with Gasteiger partial charge in [0.05, 0.1) is 18.8 Å². The van der Waals surface area contributed by atoms with E-state index in [9.17, 15) is 14.7 Å². The number of carbonyl (C=O) groups excluding carboxylic acids is 1. The smallest absolute Gasteiger partial charge is 0.330 e. The molecule has 1 aliphatic carbocycles. The third-order valence-corrected chi connectivity index (χ3v) is 4.66.